The molecule has 1 aromatic carbocycles. The third kappa shape index (κ3) is 4.57. The van der Waals surface area contributed by atoms with Crippen LogP contribution in [0.5, 0.6) is 0 Å². The molecule has 2 rings (SSSR count). The Bertz CT molecular complexity index is 839. The van der Waals surface area contributed by atoms with Gasteiger partial charge in [-0.15, -0.1) is 0 Å². The summed E-state index contributed by atoms with van der Waals surface area (Å²) in [5, 5.41) is 9.36. The summed E-state index contributed by atoms with van der Waals surface area (Å²) in [6.45, 7) is 4.08. The topological polar surface area (TPSA) is 74.1 Å². The number of aromatic nitrogens is 1. The highest BCUT2D eigenvalue weighted by molar-refractivity contribution is 7.89. The zero-order valence-electron chi connectivity index (χ0n) is 14.2. The third-order valence-electron chi connectivity index (χ3n) is 4.04. The normalized spacial score (nSPS) is 11.7. The number of halogens is 1. The molecule has 0 unspecified atom stereocenters. The average molecular weight is 378 g/mol. The van der Waals surface area contributed by atoms with Gasteiger partial charge in [0.2, 0.25) is 10.0 Å². The van der Waals surface area contributed by atoms with Gasteiger partial charge in [0.25, 0.3) is 0 Å². The third-order valence-corrected chi connectivity index (χ3v) is 6.21. The van der Waals surface area contributed by atoms with Gasteiger partial charge < -0.3 is 0 Å². The van der Waals surface area contributed by atoms with Crippen LogP contribution >= 0.6 is 11.6 Å². The second-order valence-electron chi connectivity index (χ2n) is 5.62. The number of hydrogen-bond donors (Lipinski definition) is 0. The highest BCUT2D eigenvalue weighted by Crippen LogP contribution is 2.24. The minimum absolute atomic E-state index is 0.141. The number of hydrogen-bond acceptors (Lipinski definition) is 4. The van der Waals surface area contributed by atoms with Crippen molar-refractivity contribution in [1.82, 2.24) is 9.29 Å². The van der Waals surface area contributed by atoms with E-state index >= 15 is 0 Å². The maximum Gasteiger partial charge on any atom is 0.243 e. The molecule has 1 heterocycles. The maximum absolute atomic E-state index is 13.1. The molecule has 2 aromatic rings. The molecule has 0 N–H and O–H groups in total. The Morgan fingerprint density at radius 3 is 2.28 bits per heavy atom. The fraction of sp³-hybridized carbons (Fsp3) is 0.333. The molecule has 0 aliphatic rings. The standard InChI is InChI=1S/C18H20ClN3O2S/c1-3-17(4-2)22(13-16-8-5-14(11-20)12-21-16)25(23,24)18-9-6-15(19)7-10-18/h5-10,12,17H,3-4,13H2,1-2H3. The van der Waals surface area contributed by atoms with Crippen molar-refractivity contribution in [2.75, 3.05) is 0 Å². The molecule has 0 aliphatic carbocycles. The number of nitrogens with zero attached hydrogens (tertiary/aromatic N) is 3. The quantitative estimate of drug-likeness (QED) is 0.731. The SMILES string of the molecule is CCC(CC)N(Cc1ccc(C#N)cn1)S(=O)(=O)c1ccc(Cl)cc1. The van der Waals surface area contributed by atoms with Crippen LogP contribution in [0.1, 0.15) is 37.9 Å². The summed E-state index contributed by atoms with van der Waals surface area (Å²) >= 11 is 5.87. The molecule has 0 spiro atoms. The Morgan fingerprint density at radius 1 is 1.16 bits per heavy atom. The van der Waals surface area contributed by atoms with Gasteiger partial charge in [-0.25, -0.2) is 8.42 Å². The molecule has 1 aromatic heterocycles. The molecular formula is C18H20ClN3O2S. The largest absolute Gasteiger partial charge is 0.259 e. The van der Waals surface area contributed by atoms with E-state index in [9.17, 15) is 8.42 Å². The first kappa shape index (κ1) is 19.4. The lowest BCUT2D eigenvalue weighted by molar-refractivity contribution is 0.294. The average Bonchev–Trinajstić information content (AvgIpc) is 2.62. The molecule has 0 fully saturated rings. The Kier molecular flexibility index (Phi) is 6.54. The van der Waals surface area contributed by atoms with E-state index in [0.29, 0.717) is 29.1 Å². The molecule has 0 aliphatic heterocycles. The monoisotopic (exact) mass is 377 g/mol. The Balaban J connectivity index is 2.40. The molecule has 5 nitrogen and oxygen atoms in total. The van der Waals surface area contributed by atoms with E-state index in [1.54, 1.807) is 24.3 Å². The van der Waals surface area contributed by atoms with Gasteiger partial charge in [-0.1, -0.05) is 25.4 Å². The number of nitriles is 1. The van der Waals surface area contributed by atoms with Crippen molar-refractivity contribution in [2.45, 2.75) is 44.2 Å². The van der Waals surface area contributed by atoms with Gasteiger partial charge in [0.1, 0.15) is 6.07 Å². The van der Waals surface area contributed by atoms with Crippen molar-refractivity contribution >= 4 is 21.6 Å². The lowest BCUT2D eigenvalue weighted by Gasteiger charge is -2.29. The Labute approximate surface area is 153 Å². The van der Waals surface area contributed by atoms with Crippen LogP contribution in [0.15, 0.2) is 47.5 Å². The molecule has 0 atom stereocenters. The lowest BCUT2D eigenvalue weighted by Crippen LogP contribution is -2.39. The van der Waals surface area contributed by atoms with Gasteiger partial charge in [-0.2, -0.15) is 9.57 Å². The summed E-state index contributed by atoms with van der Waals surface area (Å²) in [7, 11) is -3.69. The predicted molar refractivity (Wildman–Crippen MR) is 97.5 cm³/mol. The van der Waals surface area contributed by atoms with Crippen molar-refractivity contribution in [2.24, 2.45) is 0 Å². The van der Waals surface area contributed by atoms with E-state index in [4.69, 9.17) is 16.9 Å². The first-order valence-electron chi connectivity index (χ1n) is 8.04. The molecule has 25 heavy (non-hydrogen) atoms. The van der Waals surface area contributed by atoms with Gasteiger partial charge in [0.15, 0.2) is 0 Å². The fourth-order valence-corrected chi connectivity index (χ4v) is 4.46. The van der Waals surface area contributed by atoms with Crippen LogP contribution in [0, 0.1) is 11.3 Å². The molecule has 0 bridgehead atoms. The van der Waals surface area contributed by atoms with Gasteiger partial charge in [-0.05, 0) is 49.2 Å². The predicted octanol–water partition coefficient (Wildman–Crippen LogP) is 3.99. The Morgan fingerprint density at radius 2 is 1.80 bits per heavy atom. The second kappa shape index (κ2) is 8.43. The minimum atomic E-state index is -3.69. The lowest BCUT2D eigenvalue weighted by atomic mass is 10.1. The first-order valence-corrected chi connectivity index (χ1v) is 9.86. The number of rotatable bonds is 7. The van der Waals surface area contributed by atoms with Crippen LogP contribution in [-0.4, -0.2) is 23.7 Å². The zero-order chi connectivity index (χ0) is 18.4. The summed E-state index contributed by atoms with van der Waals surface area (Å²) < 4.78 is 27.7. The highest BCUT2D eigenvalue weighted by atomic mass is 35.5. The number of pyridine rings is 1. The smallest absolute Gasteiger partial charge is 0.243 e. The van der Waals surface area contributed by atoms with E-state index in [1.807, 2.05) is 19.9 Å². The van der Waals surface area contributed by atoms with E-state index in [2.05, 4.69) is 4.98 Å². The van der Waals surface area contributed by atoms with Crippen LogP contribution < -0.4 is 0 Å². The van der Waals surface area contributed by atoms with Crippen molar-refractivity contribution < 1.29 is 8.42 Å². The van der Waals surface area contributed by atoms with Crippen LogP contribution in [0.3, 0.4) is 0 Å². The maximum atomic E-state index is 13.1. The van der Waals surface area contributed by atoms with Gasteiger partial charge >= 0.3 is 0 Å². The van der Waals surface area contributed by atoms with E-state index in [0.717, 1.165) is 0 Å². The van der Waals surface area contributed by atoms with Crippen LogP contribution in [-0.2, 0) is 16.6 Å². The summed E-state index contributed by atoms with van der Waals surface area (Å²) in [6.07, 6.45) is 2.84. The summed E-state index contributed by atoms with van der Waals surface area (Å²) in [5.74, 6) is 0. The molecule has 0 radical (unpaired) electrons. The molecular weight excluding hydrogens is 358 g/mol. The van der Waals surface area contributed by atoms with E-state index < -0.39 is 10.0 Å². The fourth-order valence-electron chi connectivity index (χ4n) is 2.59. The molecule has 0 saturated carbocycles. The van der Waals surface area contributed by atoms with Gasteiger partial charge in [-0.3, -0.25) is 4.98 Å². The minimum Gasteiger partial charge on any atom is -0.259 e. The van der Waals surface area contributed by atoms with E-state index in [1.165, 1.54) is 22.6 Å². The number of benzene rings is 1. The summed E-state index contributed by atoms with van der Waals surface area (Å²) in [6, 6.07) is 11.4. The molecule has 0 amide bonds. The highest BCUT2D eigenvalue weighted by Gasteiger charge is 2.30. The van der Waals surface area contributed by atoms with Crippen LogP contribution in [0.4, 0.5) is 0 Å². The molecule has 7 heteroatoms. The molecule has 132 valence electrons. The van der Waals surface area contributed by atoms with Crippen molar-refractivity contribution in [3.05, 3.63) is 58.9 Å². The van der Waals surface area contributed by atoms with Crippen molar-refractivity contribution in [1.29, 1.82) is 5.26 Å². The van der Waals surface area contributed by atoms with E-state index in [-0.39, 0.29) is 17.5 Å². The first-order chi connectivity index (χ1) is 11.9. The van der Waals surface area contributed by atoms with Crippen molar-refractivity contribution in [3.63, 3.8) is 0 Å². The van der Waals surface area contributed by atoms with Crippen LogP contribution in [0.2, 0.25) is 5.02 Å². The van der Waals surface area contributed by atoms with Crippen molar-refractivity contribution in [3.8, 4) is 6.07 Å². The molecule has 0 saturated heterocycles. The zero-order valence-corrected chi connectivity index (χ0v) is 15.8. The number of sulfonamides is 1. The van der Waals surface area contributed by atoms with Gasteiger partial charge in [0, 0.05) is 17.3 Å². The summed E-state index contributed by atoms with van der Waals surface area (Å²) in [4.78, 5) is 4.42. The van der Waals surface area contributed by atoms with Crippen LogP contribution in [0.25, 0.3) is 0 Å². The summed E-state index contributed by atoms with van der Waals surface area (Å²) in [5.41, 5.74) is 1.04. The second-order valence-corrected chi connectivity index (χ2v) is 7.95. The van der Waals surface area contributed by atoms with Gasteiger partial charge in [0.05, 0.1) is 22.7 Å². The Hall–Kier alpha value is -1.94.